The van der Waals surface area contributed by atoms with Gasteiger partial charge in [0.2, 0.25) is 10.0 Å². The van der Waals surface area contributed by atoms with Crippen LogP contribution in [0.2, 0.25) is 0 Å². The zero-order valence-corrected chi connectivity index (χ0v) is 15.6. The van der Waals surface area contributed by atoms with Crippen LogP contribution >= 0.6 is 0 Å². The molecule has 0 saturated carbocycles. The fraction of sp³-hybridized carbons (Fsp3) is 0.222. The maximum Gasteiger partial charge on any atom is 0.242 e. The minimum Gasteiger partial charge on any atom is -0.337 e. The van der Waals surface area contributed by atoms with Gasteiger partial charge in [-0.25, -0.2) is 17.7 Å². The van der Waals surface area contributed by atoms with Crippen molar-refractivity contribution in [2.75, 3.05) is 14.1 Å². The molecule has 0 atom stereocenters. The van der Waals surface area contributed by atoms with Crippen molar-refractivity contribution < 1.29 is 8.42 Å². The molecule has 0 saturated heterocycles. The quantitative estimate of drug-likeness (QED) is 0.599. The van der Waals surface area contributed by atoms with E-state index in [1.165, 1.54) is 18.4 Å². The lowest BCUT2D eigenvalue weighted by molar-refractivity contribution is 0.521. The average molecular weight is 369 g/mol. The summed E-state index contributed by atoms with van der Waals surface area (Å²) in [5.41, 5.74) is 3.17. The van der Waals surface area contributed by atoms with E-state index in [0.29, 0.717) is 16.9 Å². The number of nitrogens with zero attached hydrogens (tertiary/aromatic N) is 4. The summed E-state index contributed by atoms with van der Waals surface area (Å²) in [6, 6.07) is 12.9. The fourth-order valence-electron chi connectivity index (χ4n) is 3.02. The molecule has 0 aliphatic carbocycles. The van der Waals surface area contributed by atoms with Crippen molar-refractivity contribution in [1.29, 1.82) is 0 Å². The zero-order chi connectivity index (χ0) is 18.5. The molecule has 0 radical (unpaired) electrons. The number of H-pyrrole nitrogens is 1. The van der Waals surface area contributed by atoms with Crippen LogP contribution in [0.3, 0.4) is 0 Å². The molecule has 26 heavy (non-hydrogen) atoms. The number of hydrogen-bond donors (Lipinski definition) is 1. The molecular formula is C18H19N5O2S. The zero-order valence-electron chi connectivity index (χ0n) is 14.8. The number of aromatic nitrogens is 4. The summed E-state index contributed by atoms with van der Waals surface area (Å²) in [7, 11) is -0.462. The van der Waals surface area contributed by atoms with Crippen LogP contribution in [0.1, 0.15) is 6.92 Å². The molecule has 0 amide bonds. The lowest BCUT2D eigenvalue weighted by atomic mass is 10.2. The first-order chi connectivity index (χ1) is 12.4. The SMILES string of the molecule is CCn1nc(-c2nc3ccc(S(=O)(=O)N(C)C)cc3[nH]2)c2ccccc21. The minimum atomic E-state index is -3.49. The highest BCUT2D eigenvalue weighted by atomic mass is 32.2. The van der Waals surface area contributed by atoms with Gasteiger partial charge in [-0.1, -0.05) is 18.2 Å². The third kappa shape index (κ3) is 2.49. The third-order valence-electron chi connectivity index (χ3n) is 4.41. The molecule has 0 spiro atoms. The molecule has 8 heteroatoms. The molecule has 2 aromatic heterocycles. The number of aromatic amines is 1. The highest BCUT2D eigenvalue weighted by molar-refractivity contribution is 7.89. The van der Waals surface area contributed by atoms with Crippen molar-refractivity contribution in [1.82, 2.24) is 24.1 Å². The summed E-state index contributed by atoms with van der Waals surface area (Å²) in [5.74, 6) is 0.628. The van der Waals surface area contributed by atoms with E-state index in [4.69, 9.17) is 0 Å². The van der Waals surface area contributed by atoms with Crippen LogP contribution < -0.4 is 0 Å². The largest absolute Gasteiger partial charge is 0.337 e. The second kappa shape index (κ2) is 5.93. The number of hydrogen-bond acceptors (Lipinski definition) is 4. The number of fused-ring (bicyclic) bond motifs is 2. The Balaban J connectivity index is 1.89. The van der Waals surface area contributed by atoms with E-state index in [1.807, 2.05) is 35.9 Å². The second-order valence-corrected chi connectivity index (χ2v) is 8.39. The Morgan fingerprint density at radius 2 is 1.92 bits per heavy atom. The van der Waals surface area contributed by atoms with Crippen LogP contribution in [0.5, 0.6) is 0 Å². The van der Waals surface area contributed by atoms with Gasteiger partial charge < -0.3 is 4.98 Å². The van der Waals surface area contributed by atoms with Crippen molar-refractivity contribution in [3.05, 3.63) is 42.5 Å². The standard InChI is InChI=1S/C18H19N5O2S/c1-4-23-16-8-6-5-7-13(16)17(21-23)18-19-14-10-9-12(11-15(14)20-18)26(24,25)22(2)3/h5-11H,4H2,1-3H3,(H,19,20). The van der Waals surface area contributed by atoms with Crippen LogP contribution in [0.15, 0.2) is 47.4 Å². The van der Waals surface area contributed by atoms with E-state index >= 15 is 0 Å². The molecular weight excluding hydrogens is 350 g/mol. The van der Waals surface area contributed by atoms with Gasteiger partial charge in [-0.3, -0.25) is 4.68 Å². The molecule has 0 unspecified atom stereocenters. The summed E-state index contributed by atoms with van der Waals surface area (Å²) in [5, 5.41) is 5.68. The Morgan fingerprint density at radius 3 is 2.65 bits per heavy atom. The van der Waals surface area contributed by atoms with Gasteiger partial charge in [-0.2, -0.15) is 5.10 Å². The lowest BCUT2D eigenvalue weighted by Crippen LogP contribution is -2.22. The Bertz CT molecular complexity index is 1220. The normalized spacial score (nSPS) is 12.5. The van der Waals surface area contributed by atoms with Gasteiger partial charge in [0.25, 0.3) is 0 Å². The van der Waals surface area contributed by atoms with Crippen LogP contribution in [-0.4, -0.2) is 46.6 Å². The number of imidazole rings is 1. The van der Waals surface area contributed by atoms with Gasteiger partial charge >= 0.3 is 0 Å². The smallest absolute Gasteiger partial charge is 0.242 e. The second-order valence-electron chi connectivity index (χ2n) is 6.23. The van der Waals surface area contributed by atoms with Crippen LogP contribution in [0.25, 0.3) is 33.5 Å². The number of rotatable bonds is 4. The molecule has 0 fully saturated rings. The number of nitrogens with one attached hydrogen (secondary N) is 1. The molecule has 7 nitrogen and oxygen atoms in total. The first-order valence-electron chi connectivity index (χ1n) is 8.30. The van der Waals surface area contributed by atoms with E-state index < -0.39 is 10.0 Å². The molecule has 2 heterocycles. The molecule has 4 rings (SSSR count). The maximum absolute atomic E-state index is 12.3. The van der Waals surface area contributed by atoms with E-state index in [0.717, 1.165) is 23.1 Å². The number of sulfonamides is 1. The van der Waals surface area contributed by atoms with Crippen LogP contribution in [-0.2, 0) is 16.6 Å². The van der Waals surface area contributed by atoms with Crippen molar-refractivity contribution in [3.8, 4) is 11.5 Å². The molecule has 2 aromatic carbocycles. The Morgan fingerprint density at radius 1 is 1.15 bits per heavy atom. The predicted octanol–water partition coefficient (Wildman–Crippen LogP) is 2.85. The van der Waals surface area contributed by atoms with Gasteiger partial charge in [0.05, 0.1) is 21.4 Å². The van der Waals surface area contributed by atoms with Crippen molar-refractivity contribution in [3.63, 3.8) is 0 Å². The monoisotopic (exact) mass is 369 g/mol. The third-order valence-corrected chi connectivity index (χ3v) is 6.22. The first kappa shape index (κ1) is 16.7. The van der Waals surface area contributed by atoms with Crippen LogP contribution in [0.4, 0.5) is 0 Å². The van der Waals surface area contributed by atoms with Crippen LogP contribution in [0, 0.1) is 0 Å². The van der Waals surface area contributed by atoms with E-state index in [-0.39, 0.29) is 4.90 Å². The summed E-state index contributed by atoms with van der Waals surface area (Å²) in [6.45, 7) is 2.80. The van der Waals surface area contributed by atoms with Gasteiger partial charge in [0, 0.05) is 26.0 Å². The highest BCUT2D eigenvalue weighted by Crippen LogP contribution is 2.28. The molecule has 0 aliphatic heterocycles. The highest BCUT2D eigenvalue weighted by Gasteiger charge is 2.19. The molecule has 1 N–H and O–H groups in total. The minimum absolute atomic E-state index is 0.231. The summed E-state index contributed by atoms with van der Waals surface area (Å²) >= 11 is 0. The number of aryl methyl sites for hydroxylation is 1. The molecule has 134 valence electrons. The predicted molar refractivity (Wildman–Crippen MR) is 101 cm³/mol. The average Bonchev–Trinajstić information content (AvgIpc) is 3.21. The molecule has 4 aromatic rings. The Labute approximate surface area is 151 Å². The molecule has 0 aliphatic rings. The summed E-state index contributed by atoms with van der Waals surface area (Å²) < 4.78 is 27.8. The summed E-state index contributed by atoms with van der Waals surface area (Å²) in [6.07, 6.45) is 0. The van der Waals surface area contributed by atoms with Gasteiger partial charge in [-0.15, -0.1) is 0 Å². The maximum atomic E-state index is 12.3. The van der Waals surface area contributed by atoms with E-state index in [1.54, 1.807) is 18.2 Å². The Hall–Kier alpha value is -2.71. The number of benzene rings is 2. The van der Waals surface area contributed by atoms with Gasteiger partial charge in [0.1, 0.15) is 5.69 Å². The van der Waals surface area contributed by atoms with E-state index in [9.17, 15) is 8.42 Å². The Kier molecular flexibility index (Phi) is 3.82. The van der Waals surface area contributed by atoms with E-state index in [2.05, 4.69) is 15.1 Å². The van der Waals surface area contributed by atoms with Crippen molar-refractivity contribution in [2.24, 2.45) is 0 Å². The first-order valence-corrected chi connectivity index (χ1v) is 9.74. The van der Waals surface area contributed by atoms with Gasteiger partial charge in [0.15, 0.2) is 5.82 Å². The molecule has 0 bridgehead atoms. The number of para-hydroxylation sites is 1. The fourth-order valence-corrected chi connectivity index (χ4v) is 3.94. The van der Waals surface area contributed by atoms with Crippen molar-refractivity contribution in [2.45, 2.75) is 18.4 Å². The van der Waals surface area contributed by atoms with Crippen molar-refractivity contribution >= 4 is 32.0 Å². The van der Waals surface area contributed by atoms with Gasteiger partial charge in [-0.05, 0) is 31.2 Å². The summed E-state index contributed by atoms with van der Waals surface area (Å²) in [4.78, 5) is 8.06. The lowest BCUT2D eigenvalue weighted by Gasteiger charge is -2.10. The topological polar surface area (TPSA) is 83.9 Å².